The van der Waals surface area contributed by atoms with E-state index in [0.29, 0.717) is 18.1 Å². The maximum absolute atomic E-state index is 12.5. The van der Waals surface area contributed by atoms with Crippen molar-refractivity contribution in [2.45, 2.75) is 56.8 Å². The summed E-state index contributed by atoms with van der Waals surface area (Å²) in [5.74, 6) is 4.13. The number of hydrogen-bond acceptors (Lipinski definition) is 2. The number of carbonyl (C=O) groups excluding carboxylic acids is 1. The van der Waals surface area contributed by atoms with Crippen LogP contribution in [0.4, 0.5) is 0 Å². The standard InChI is InChI=1S/C14H20N2O/c1-7-15-14(4-5-14)13(17)16(7)12-10-8-2-3-9(6-8)11(10)12/h7-12,15H,2-6H2,1H3. The Bertz CT molecular complexity index is 400. The molecule has 0 aromatic carbocycles. The first-order valence-corrected chi connectivity index (χ1v) is 7.32. The van der Waals surface area contributed by atoms with Crippen LogP contribution in [0.25, 0.3) is 0 Å². The third-order valence-electron chi connectivity index (χ3n) is 6.31. The number of rotatable bonds is 1. The Morgan fingerprint density at radius 2 is 1.88 bits per heavy atom. The Kier molecular flexibility index (Phi) is 1.41. The minimum absolute atomic E-state index is 0.102. The van der Waals surface area contributed by atoms with Crippen LogP contribution in [0, 0.1) is 23.7 Å². The van der Waals surface area contributed by atoms with Crippen molar-refractivity contribution < 1.29 is 4.79 Å². The molecule has 1 N–H and O–H groups in total. The zero-order valence-electron chi connectivity index (χ0n) is 10.4. The van der Waals surface area contributed by atoms with E-state index in [4.69, 9.17) is 0 Å². The highest BCUT2D eigenvalue weighted by molar-refractivity contribution is 5.92. The number of amides is 1. The zero-order chi connectivity index (χ0) is 11.4. The monoisotopic (exact) mass is 232 g/mol. The number of nitrogens with zero attached hydrogens (tertiary/aromatic N) is 1. The Morgan fingerprint density at radius 3 is 2.41 bits per heavy atom. The second-order valence-corrected chi connectivity index (χ2v) is 7.09. The van der Waals surface area contributed by atoms with Gasteiger partial charge in [-0.15, -0.1) is 0 Å². The van der Waals surface area contributed by atoms with Gasteiger partial charge in [-0.05, 0) is 62.7 Å². The number of fused-ring (bicyclic) bond motifs is 5. The van der Waals surface area contributed by atoms with E-state index in [1.54, 1.807) is 0 Å². The zero-order valence-corrected chi connectivity index (χ0v) is 10.4. The Labute approximate surface area is 102 Å². The fourth-order valence-electron chi connectivity index (χ4n) is 5.48. The van der Waals surface area contributed by atoms with E-state index in [-0.39, 0.29) is 5.54 Å². The van der Waals surface area contributed by atoms with E-state index in [9.17, 15) is 4.79 Å². The van der Waals surface area contributed by atoms with Gasteiger partial charge in [-0.1, -0.05) is 0 Å². The number of carbonyl (C=O) groups is 1. The third kappa shape index (κ3) is 0.939. The maximum Gasteiger partial charge on any atom is 0.244 e. The molecule has 5 unspecified atom stereocenters. The van der Waals surface area contributed by atoms with E-state index in [1.807, 2.05) is 0 Å². The molecule has 0 radical (unpaired) electrons. The van der Waals surface area contributed by atoms with Crippen molar-refractivity contribution in [3.05, 3.63) is 0 Å². The second kappa shape index (κ2) is 2.56. The van der Waals surface area contributed by atoms with E-state index in [1.165, 1.54) is 19.3 Å². The smallest absolute Gasteiger partial charge is 0.244 e. The molecule has 2 bridgehead atoms. The number of nitrogens with one attached hydrogen (secondary N) is 1. The summed E-state index contributed by atoms with van der Waals surface area (Å²) < 4.78 is 0. The third-order valence-corrected chi connectivity index (χ3v) is 6.31. The predicted molar refractivity (Wildman–Crippen MR) is 63.0 cm³/mol. The molecule has 5 fully saturated rings. The lowest BCUT2D eigenvalue weighted by Crippen LogP contribution is -2.39. The minimum Gasteiger partial charge on any atom is -0.322 e. The van der Waals surface area contributed by atoms with E-state index in [2.05, 4.69) is 17.1 Å². The van der Waals surface area contributed by atoms with Crippen LogP contribution in [0.15, 0.2) is 0 Å². The summed E-state index contributed by atoms with van der Waals surface area (Å²) in [6.45, 7) is 2.18. The summed E-state index contributed by atoms with van der Waals surface area (Å²) in [4.78, 5) is 14.8. The molecule has 17 heavy (non-hydrogen) atoms. The first kappa shape index (κ1) is 9.37. The molecule has 5 aliphatic rings. The molecule has 1 spiro atoms. The van der Waals surface area contributed by atoms with Crippen LogP contribution < -0.4 is 5.32 Å². The molecule has 1 saturated heterocycles. The molecule has 1 aliphatic heterocycles. The maximum atomic E-state index is 12.5. The SMILES string of the molecule is CC1NC2(CC2)C(=O)N1C1C2C3CCC(C3)C21. The quantitative estimate of drug-likeness (QED) is 0.740. The van der Waals surface area contributed by atoms with Gasteiger partial charge in [0.1, 0.15) is 0 Å². The lowest BCUT2D eigenvalue weighted by Gasteiger charge is -2.24. The van der Waals surface area contributed by atoms with Gasteiger partial charge in [-0.3, -0.25) is 10.1 Å². The average Bonchev–Trinajstić information content (AvgIpc) is 3.13. The van der Waals surface area contributed by atoms with Crippen molar-refractivity contribution in [3.8, 4) is 0 Å². The summed E-state index contributed by atoms with van der Waals surface area (Å²) >= 11 is 0. The summed E-state index contributed by atoms with van der Waals surface area (Å²) in [7, 11) is 0. The Balaban J connectivity index is 1.45. The molecule has 0 aromatic rings. The molecule has 4 saturated carbocycles. The van der Waals surface area contributed by atoms with Crippen molar-refractivity contribution >= 4 is 5.91 Å². The van der Waals surface area contributed by atoms with Crippen molar-refractivity contribution in [2.24, 2.45) is 23.7 Å². The van der Waals surface area contributed by atoms with Crippen LogP contribution in [-0.4, -0.2) is 28.6 Å². The highest BCUT2D eigenvalue weighted by Crippen LogP contribution is 2.68. The molecule has 4 aliphatic carbocycles. The van der Waals surface area contributed by atoms with Crippen LogP contribution >= 0.6 is 0 Å². The van der Waals surface area contributed by atoms with Crippen LogP contribution in [0.2, 0.25) is 0 Å². The first-order valence-electron chi connectivity index (χ1n) is 7.32. The average molecular weight is 232 g/mol. The van der Waals surface area contributed by atoms with Gasteiger partial charge in [0.2, 0.25) is 5.91 Å². The van der Waals surface area contributed by atoms with Crippen LogP contribution in [-0.2, 0) is 4.79 Å². The van der Waals surface area contributed by atoms with Gasteiger partial charge in [0.25, 0.3) is 0 Å². The van der Waals surface area contributed by atoms with Crippen molar-refractivity contribution in [2.75, 3.05) is 0 Å². The van der Waals surface area contributed by atoms with Crippen LogP contribution in [0.1, 0.15) is 39.0 Å². The van der Waals surface area contributed by atoms with Gasteiger partial charge in [0.15, 0.2) is 0 Å². The van der Waals surface area contributed by atoms with Crippen molar-refractivity contribution in [3.63, 3.8) is 0 Å². The van der Waals surface area contributed by atoms with Crippen molar-refractivity contribution in [1.82, 2.24) is 10.2 Å². The van der Waals surface area contributed by atoms with Crippen LogP contribution in [0.3, 0.4) is 0 Å². The normalized spacial score (nSPS) is 56.8. The Hall–Kier alpha value is -0.570. The summed E-state index contributed by atoms with van der Waals surface area (Å²) in [5.41, 5.74) is -0.102. The van der Waals surface area contributed by atoms with Gasteiger partial charge in [0, 0.05) is 6.04 Å². The fraction of sp³-hybridized carbons (Fsp3) is 0.929. The van der Waals surface area contributed by atoms with Gasteiger partial charge in [0.05, 0.1) is 11.7 Å². The molecular weight excluding hydrogens is 212 g/mol. The predicted octanol–water partition coefficient (Wildman–Crippen LogP) is 1.34. The van der Waals surface area contributed by atoms with Crippen molar-refractivity contribution in [1.29, 1.82) is 0 Å². The molecule has 1 heterocycles. The van der Waals surface area contributed by atoms with E-state index >= 15 is 0 Å². The molecule has 5 atom stereocenters. The highest BCUT2D eigenvalue weighted by atomic mass is 16.2. The van der Waals surface area contributed by atoms with Crippen LogP contribution in [0.5, 0.6) is 0 Å². The molecular formula is C14H20N2O. The minimum atomic E-state index is -0.102. The Morgan fingerprint density at radius 1 is 1.24 bits per heavy atom. The lowest BCUT2D eigenvalue weighted by molar-refractivity contribution is -0.131. The van der Waals surface area contributed by atoms with Gasteiger partial charge in [-0.2, -0.15) is 0 Å². The fourth-order valence-corrected chi connectivity index (χ4v) is 5.48. The first-order chi connectivity index (χ1) is 8.21. The largest absolute Gasteiger partial charge is 0.322 e. The highest BCUT2D eigenvalue weighted by Gasteiger charge is 2.71. The summed E-state index contributed by atoms with van der Waals surface area (Å²) in [6, 6.07) is 0.622. The summed E-state index contributed by atoms with van der Waals surface area (Å²) in [5, 5.41) is 3.54. The van der Waals surface area contributed by atoms with Gasteiger partial charge >= 0.3 is 0 Å². The van der Waals surface area contributed by atoms with Gasteiger partial charge in [-0.25, -0.2) is 0 Å². The summed E-state index contributed by atoms with van der Waals surface area (Å²) in [6.07, 6.45) is 6.79. The molecule has 5 rings (SSSR count). The molecule has 3 heteroatoms. The number of hydrogen-bond donors (Lipinski definition) is 1. The topological polar surface area (TPSA) is 32.3 Å². The van der Waals surface area contributed by atoms with E-state index in [0.717, 1.165) is 36.5 Å². The van der Waals surface area contributed by atoms with Gasteiger partial charge < -0.3 is 4.90 Å². The van der Waals surface area contributed by atoms with E-state index < -0.39 is 0 Å². The second-order valence-electron chi connectivity index (χ2n) is 7.09. The molecule has 3 nitrogen and oxygen atoms in total. The molecule has 1 amide bonds. The lowest BCUT2D eigenvalue weighted by atomic mass is 10.0. The molecule has 0 aromatic heterocycles. The molecule has 92 valence electrons.